The molecule has 0 saturated heterocycles. The fraction of sp³-hybridized carbons (Fsp3) is 0.143. The van der Waals surface area contributed by atoms with E-state index in [1.165, 1.54) is 0 Å². The van der Waals surface area contributed by atoms with Gasteiger partial charge in [0.05, 0.1) is 15.6 Å². The topological polar surface area (TPSA) is 38.9 Å². The van der Waals surface area contributed by atoms with E-state index in [0.717, 1.165) is 21.1 Å². The quantitative estimate of drug-likeness (QED) is 0.673. The highest BCUT2D eigenvalue weighted by Crippen LogP contribution is 2.23. The predicted molar refractivity (Wildman–Crippen MR) is 44.2 cm³/mol. The van der Waals surface area contributed by atoms with Gasteiger partial charge in [0.2, 0.25) is 0 Å². The minimum absolute atomic E-state index is 0.762. The molecule has 3 nitrogen and oxygen atoms in total. The summed E-state index contributed by atoms with van der Waals surface area (Å²) in [6.45, 7) is 1.89. The number of hydrogen-bond donors (Lipinski definition) is 0. The Kier molecular flexibility index (Phi) is 1.42. The van der Waals surface area contributed by atoms with E-state index in [1.807, 2.05) is 6.92 Å². The zero-order valence-corrected chi connectivity index (χ0v) is 7.42. The lowest BCUT2D eigenvalue weighted by Crippen LogP contribution is -1.73. The van der Waals surface area contributed by atoms with E-state index >= 15 is 0 Å². The third-order valence-electron chi connectivity index (χ3n) is 1.52. The molecule has 0 aromatic carbocycles. The van der Waals surface area contributed by atoms with Crippen LogP contribution >= 0.6 is 15.9 Å². The molecule has 2 heterocycles. The second kappa shape index (κ2) is 2.30. The predicted octanol–water partition coefficient (Wildman–Crippen LogP) is 2.29. The van der Waals surface area contributed by atoms with E-state index in [2.05, 4.69) is 26.1 Å². The van der Waals surface area contributed by atoms with Gasteiger partial charge in [-0.15, -0.1) is 0 Å². The average Bonchev–Trinajstić information content (AvgIpc) is 2.35. The standard InChI is InChI=1S/C7H5BrN2O/c1-4-5-2-9-3-6(8)7(5)11-10-4/h2-3H,1H3. The molecule has 0 N–H and O–H groups in total. The summed E-state index contributed by atoms with van der Waals surface area (Å²) in [4.78, 5) is 4.00. The van der Waals surface area contributed by atoms with Crippen LogP contribution in [0.3, 0.4) is 0 Å². The Morgan fingerprint density at radius 1 is 1.45 bits per heavy atom. The first-order valence-corrected chi connectivity index (χ1v) is 3.94. The Balaban J connectivity index is 2.94. The van der Waals surface area contributed by atoms with Gasteiger partial charge in [0.25, 0.3) is 0 Å². The van der Waals surface area contributed by atoms with Crippen molar-refractivity contribution in [3.05, 3.63) is 22.6 Å². The number of fused-ring (bicyclic) bond motifs is 1. The van der Waals surface area contributed by atoms with Crippen LogP contribution in [-0.4, -0.2) is 10.1 Å². The second-order valence-electron chi connectivity index (χ2n) is 2.27. The Hall–Kier alpha value is -0.900. The van der Waals surface area contributed by atoms with Gasteiger partial charge in [0.1, 0.15) is 0 Å². The zero-order valence-electron chi connectivity index (χ0n) is 5.84. The molecule has 0 aliphatic rings. The molecule has 0 unspecified atom stereocenters. The first-order chi connectivity index (χ1) is 5.29. The molecular weight excluding hydrogens is 208 g/mol. The molecule has 2 aromatic heterocycles. The van der Waals surface area contributed by atoms with Gasteiger partial charge in [-0.05, 0) is 22.9 Å². The molecule has 0 aliphatic carbocycles. The highest BCUT2D eigenvalue weighted by atomic mass is 79.9. The molecule has 0 fully saturated rings. The summed E-state index contributed by atoms with van der Waals surface area (Å²) in [5.41, 5.74) is 1.63. The normalized spacial score (nSPS) is 10.7. The lowest BCUT2D eigenvalue weighted by atomic mass is 10.3. The summed E-state index contributed by atoms with van der Waals surface area (Å²) < 4.78 is 5.89. The van der Waals surface area contributed by atoms with E-state index in [4.69, 9.17) is 4.52 Å². The molecule has 11 heavy (non-hydrogen) atoms. The minimum Gasteiger partial charge on any atom is -0.355 e. The van der Waals surface area contributed by atoms with E-state index in [0.29, 0.717) is 0 Å². The molecule has 0 aliphatic heterocycles. The van der Waals surface area contributed by atoms with Crippen molar-refractivity contribution in [1.29, 1.82) is 0 Å². The van der Waals surface area contributed by atoms with Gasteiger partial charge in [0, 0.05) is 12.4 Å². The van der Waals surface area contributed by atoms with E-state index < -0.39 is 0 Å². The van der Waals surface area contributed by atoms with Crippen LogP contribution in [0.5, 0.6) is 0 Å². The largest absolute Gasteiger partial charge is 0.355 e. The van der Waals surface area contributed by atoms with Crippen molar-refractivity contribution in [3.8, 4) is 0 Å². The molecule has 0 saturated carbocycles. The van der Waals surface area contributed by atoms with Crippen LogP contribution in [0, 0.1) is 6.92 Å². The molecule has 0 atom stereocenters. The number of aryl methyl sites for hydroxylation is 1. The lowest BCUT2D eigenvalue weighted by Gasteiger charge is -1.87. The molecule has 2 rings (SSSR count). The van der Waals surface area contributed by atoms with Crippen LogP contribution < -0.4 is 0 Å². The highest BCUT2D eigenvalue weighted by Gasteiger charge is 2.06. The summed E-state index contributed by atoms with van der Waals surface area (Å²) >= 11 is 3.31. The number of rotatable bonds is 0. The smallest absolute Gasteiger partial charge is 0.184 e. The van der Waals surface area contributed by atoms with Crippen LogP contribution in [-0.2, 0) is 0 Å². The second-order valence-corrected chi connectivity index (χ2v) is 3.12. The number of halogens is 1. The summed E-state index contributed by atoms with van der Waals surface area (Å²) in [6, 6.07) is 0. The summed E-state index contributed by atoms with van der Waals surface area (Å²) in [5, 5.41) is 4.77. The molecule has 56 valence electrons. The zero-order chi connectivity index (χ0) is 7.84. The van der Waals surface area contributed by atoms with Gasteiger partial charge >= 0.3 is 0 Å². The van der Waals surface area contributed by atoms with E-state index in [-0.39, 0.29) is 0 Å². The van der Waals surface area contributed by atoms with Crippen LogP contribution in [0.2, 0.25) is 0 Å². The first kappa shape index (κ1) is 6.79. The van der Waals surface area contributed by atoms with Gasteiger partial charge < -0.3 is 4.52 Å². The number of pyridine rings is 1. The van der Waals surface area contributed by atoms with Crippen molar-refractivity contribution in [2.24, 2.45) is 0 Å². The Labute approximate surface area is 71.5 Å². The Morgan fingerprint density at radius 3 is 3.00 bits per heavy atom. The van der Waals surface area contributed by atoms with E-state index in [1.54, 1.807) is 12.4 Å². The number of aromatic nitrogens is 2. The highest BCUT2D eigenvalue weighted by molar-refractivity contribution is 9.10. The molecule has 0 amide bonds. The molecule has 0 spiro atoms. The SMILES string of the molecule is Cc1noc2c(Br)cncc12. The van der Waals surface area contributed by atoms with Crippen molar-refractivity contribution in [3.63, 3.8) is 0 Å². The van der Waals surface area contributed by atoms with Gasteiger partial charge in [-0.2, -0.15) is 0 Å². The molecule has 0 radical (unpaired) electrons. The monoisotopic (exact) mass is 212 g/mol. The molecule has 2 aromatic rings. The number of hydrogen-bond acceptors (Lipinski definition) is 3. The van der Waals surface area contributed by atoms with Crippen LogP contribution in [0.1, 0.15) is 5.69 Å². The Bertz CT molecular complexity index is 396. The third-order valence-corrected chi connectivity index (χ3v) is 2.08. The van der Waals surface area contributed by atoms with Gasteiger partial charge in [-0.1, -0.05) is 5.16 Å². The summed E-state index contributed by atoms with van der Waals surface area (Å²) in [7, 11) is 0. The Morgan fingerprint density at radius 2 is 2.27 bits per heavy atom. The maximum absolute atomic E-state index is 5.04. The molecular formula is C7H5BrN2O. The van der Waals surface area contributed by atoms with Crippen molar-refractivity contribution >= 4 is 26.9 Å². The maximum Gasteiger partial charge on any atom is 0.184 e. The fourth-order valence-corrected chi connectivity index (χ4v) is 1.34. The van der Waals surface area contributed by atoms with E-state index in [9.17, 15) is 0 Å². The third kappa shape index (κ3) is 0.939. The van der Waals surface area contributed by atoms with Gasteiger partial charge in [-0.25, -0.2) is 0 Å². The summed E-state index contributed by atoms with van der Waals surface area (Å²) in [6.07, 6.45) is 3.43. The molecule has 0 bridgehead atoms. The van der Waals surface area contributed by atoms with Gasteiger partial charge in [-0.3, -0.25) is 4.98 Å². The van der Waals surface area contributed by atoms with Crippen molar-refractivity contribution in [1.82, 2.24) is 10.1 Å². The van der Waals surface area contributed by atoms with Crippen molar-refractivity contribution in [2.45, 2.75) is 6.92 Å². The van der Waals surface area contributed by atoms with Gasteiger partial charge in [0.15, 0.2) is 5.58 Å². The van der Waals surface area contributed by atoms with Crippen molar-refractivity contribution in [2.75, 3.05) is 0 Å². The lowest BCUT2D eigenvalue weighted by molar-refractivity contribution is 0.449. The van der Waals surface area contributed by atoms with Crippen molar-refractivity contribution < 1.29 is 4.52 Å². The number of nitrogens with zero attached hydrogens (tertiary/aromatic N) is 2. The minimum atomic E-state index is 0.762. The fourth-order valence-electron chi connectivity index (χ4n) is 0.937. The summed E-state index contributed by atoms with van der Waals surface area (Å²) in [5.74, 6) is 0. The van der Waals surface area contributed by atoms with Crippen LogP contribution in [0.25, 0.3) is 11.0 Å². The van der Waals surface area contributed by atoms with Crippen LogP contribution in [0.4, 0.5) is 0 Å². The molecule has 4 heteroatoms. The van der Waals surface area contributed by atoms with Crippen LogP contribution in [0.15, 0.2) is 21.4 Å². The first-order valence-electron chi connectivity index (χ1n) is 3.14. The maximum atomic E-state index is 5.04. The average molecular weight is 213 g/mol.